The van der Waals surface area contributed by atoms with E-state index < -0.39 is 0 Å². The predicted molar refractivity (Wildman–Crippen MR) is 56.6 cm³/mol. The van der Waals surface area contributed by atoms with Crippen molar-refractivity contribution in [2.24, 2.45) is 0 Å². The third-order valence-electron chi connectivity index (χ3n) is 2.38. The van der Waals surface area contributed by atoms with Crippen LogP contribution >= 0.6 is 0 Å². The van der Waals surface area contributed by atoms with Crippen molar-refractivity contribution in [3.8, 4) is 0 Å². The van der Waals surface area contributed by atoms with E-state index in [-0.39, 0.29) is 5.82 Å². The van der Waals surface area contributed by atoms with Crippen LogP contribution in [0.5, 0.6) is 0 Å². The van der Waals surface area contributed by atoms with E-state index in [4.69, 9.17) is 5.73 Å². The highest BCUT2D eigenvalue weighted by Crippen LogP contribution is 2.23. The Labute approximate surface area is 82.6 Å². The van der Waals surface area contributed by atoms with E-state index in [0.717, 1.165) is 18.5 Å². The summed E-state index contributed by atoms with van der Waals surface area (Å²) in [7, 11) is 0. The second-order valence-electron chi connectivity index (χ2n) is 3.52. The number of rotatable bonds is 2. The van der Waals surface area contributed by atoms with Crippen LogP contribution in [0.2, 0.25) is 0 Å². The Morgan fingerprint density at radius 1 is 1.29 bits per heavy atom. The van der Waals surface area contributed by atoms with E-state index in [1.54, 1.807) is 6.07 Å². The van der Waals surface area contributed by atoms with Gasteiger partial charge in [0.1, 0.15) is 5.82 Å². The van der Waals surface area contributed by atoms with Gasteiger partial charge in [-0.3, -0.25) is 0 Å². The van der Waals surface area contributed by atoms with Gasteiger partial charge in [0.15, 0.2) is 0 Å². The molecule has 0 saturated carbocycles. The maximum atomic E-state index is 12.7. The Hall–Kier alpha value is -1.51. The van der Waals surface area contributed by atoms with E-state index in [1.165, 1.54) is 12.1 Å². The van der Waals surface area contributed by atoms with Crippen LogP contribution in [0.3, 0.4) is 0 Å². The van der Waals surface area contributed by atoms with Crippen LogP contribution in [0.1, 0.15) is 12.8 Å². The molecule has 3 N–H and O–H groups in total. The standard InChI is InChI=1S/C11H13FN2/c12-8-5-6-11(10(13)7-8)14-9-3-1-2-4-9/h1-2,5-7,9,14H,3-4,13H2. The minimum Gasteiger partial charge on any atom is -0.397 e. The molecule has 0 aromatic heterocycles. The molecule has 1 aliphatic rings. The van der Waals surface area contributed by atoms with E-state index in [0.29, 0.717) is 11.7 Å². The Morgan fingerprint density at radius 3 is 2.64 bits per heavy atom. The summed E-state index contributed by atoms with van der Waals surface area (Å²) in [5.74, 6) is -0.294. The van der Waals surface area contributed by atoms with E-state index in [2.05, 4.69) is 17.5 Å². The zero-order chi connectivity index (χ0) is 9.97. The average Bonchev–Trinajstić information content (AvgIpc) is 2.62. The molecule has 1 aliphatic carbocycles. The molecule has 0 aliphatic heterocycles. The SMILES string of the molecule is Nc1cc(F)ccc1NC1CC=CC1. The molecule has 2 nitrogen and oxygen atoms in total. The summed E-state index contributed by atoms with van der Waals surface area (Å²) in [6.45, 7) is 0. The van der Waals surface area contributed by atoms with Gasteiger partial charge in [-0.05, 0) is 31.0 Å². The molecule has 0 saturated heterocycles. The molecule has 0 amide bonds. The number of hydrogen-bond donors (Lipinski definition) is 2. The van der Waals surface area contributed by atoms with E-state index in [1.807, 2.05) is 0 Å². The van der Waals surface area contributed by atoms with Crippen molar-refractivity contribution in [2.45, 2.75) is 18.9 Å². The number of nitrogen functional groups attached to an aromatic ring is 1. The van der Waals surface area contributed by atoms with Gasteiger partial charge in [0.25, 0.3) is 0 Å². The number of nitrogens with one attached hydrogen (secondary N) is 1. The molecule has 1 aromatic rings. The van der Waals surface area contributed by atoms with Crippen molar-refractivity contribution in [1.29, 1.82) is 0 Å². The number of halogens is 1. The molecule has 0 radical (unpaired) electrons. The van der Waals surface area contributed by atoms with E-state index >= 15 is 0 Å². The molecule has 0 unspecified atom stereocenters. The lowest BCUT2D eigenvalue weighted by Crippen LogP contribution is -2.16. The first-order chi connectivity index (χ1) is 6.75. The van der Waals surface area contributed by atoms with Gasteiger partial charge in [-0.25, -0.2) is 4.39 Å². The highest BCUT2D eigenvalue weighted by molar-refractivity contribution is 5.66. The van der Waals surface area contributed by atoms with Crippen molar-refractivity contribution >= 4 is 11.4 Å². The van der Waals surface area contributed by atoms with Crippen LogP contribution in [0, 0.1) is 5.82 Å². The van der Waals surface area contributed by atoms with Crippen LogP contribution in [-0.4, -0.2) is 6.04 Å². The molecule has 0 spiro atoms. The molecule has 3 heteroatoms. The fraction of sp³-hybridized carbons (Fsp3) is 0.273. The number of benzene rings is 1. The smallest absolute Gasteiger partial charge is 0.125 e. The molecule has 14 heavy (non-hydrogen) atoms. The second kappa shape index (κ2) is 3.70. The van der Waals surface area contributed by atoms with Gasteiger partial charge in [-0.1, -0.05) is 12.2 Å². The summed E-state index contributed by atoms with van der Waals surface area (Å²) < 4.78 is 12.7. The molecular weight excluding hydrogens is 179 g/mol. The summed E-state index contributed by atoms with van der Waals surface area (Å²) in [6, 6.07) is 4.84. The van der Waals surface area contributed by atoms with Gasteiger partial charge in [0.2, 0.25) is 0 Å². The monoisotopic (exact) mass is 192 g/mol. The summed E-state index contributed by atoms with van der Waals surface area (Å²) in [4.78, 5) is 0. The van der Waals surface area contributed by atoms with Crippen molar-refractivity contribution in [1.82, 2.24) is 0 Å². The second-order valence-corrected chi connectivity index (χ2v) is 3.52. The molecular formula is C11H13FN2. The third kappa shape index (κ3) is 1.87. The maximum absolute atomic E-state index is 12.7. The quantitative estimate of drug-likeness (QED) is 0.558. The Balaban J connectivity index is 2.08. The summed E-state index contributed by atoms with van der Waals surface area (Å²) in [6.07, 6.45) is 6.29. The molecule has 0 bridgehead atoms. The largest absolute Gasteiger partial charge is 0.397 e. The lowest BCUT2D eigenvalue weighted by molar-refractivity contribution is 0.628. The lowest BCUT2D eigenvalue weighted by atomic mass is 10.2. The molecule has 0 atom stereocenters. The van der Waals surface area contributed by atoms with Crippen LogP contribution < -0.4 is 11.1 Å². The topological polar surface area (TPSA) is 38.0 Å². The van der Waals surface area contributed by atoms with Crippen LogP contribution in [0.25, 0.3) is 0 Å². The number of anilines is 2. The van der Waals surface area contributed by atoms with Crippen LogP contribution in [0.4, 0.5) is 15.8 Å². The number of nitrogens with two attached hydrogens (primary N) is 1. The molecule has 1 aromatic carbocycles. The zero-order valence-corrected chi connectivity index (χ0v) is 7.83. The van der Waals surface area contributed by atoms with Crippen LogP contribution in [-0.2, 0) is 0 Å². The summed E-state index contributed by atoms with van der Waals surface area (Å²) in [5, 5.41) is 3.28. The zero-order valence-electron chi connectivity index (χ0n) is 7.83. The maximum Gasteiger partial charge on any atom is 0.125 e. The fourth-order valence-corrected chi connectivity index (χ4v) is 1.62. The van der Waals surface area contributed by atoms with Crippen molar-refractivity contribution in [2.75, 3.05) is 11.1 Å². The molecule has 2 rings (SSSR count). The molecule has 0 fully saturated rings. The van der Waals surface area contributed by atoms with Gasteiger partial charge in [0, 0.05) is 6.04 Å². The predicted octanol–water partition coefficient (Wildman–Crippen LogP) is 2.54. The number of hydrogen-bond acceptors (Lipinski definition) is 2. The van der Waals surface area contributed by atoms with Gasteiger partial charge < -0.3 is 11.1 Å². The summed E-state index contributed by atoms with van der Waals surface area (Å²) >= 11 is 0. The minimum absolute atomic E-state index is 0.294. The van der Waals surface area contributed by atoms with E-state index in [9.17, 15) is 4.39 Å². The highest BCUT2D eigenvalue weighted by Gasteiger charge is 2.10. The normalized spacial score (nSPS) is 16.1. The Morgan fingerprint density at radius 2 is 2.00 bits per heavy atom. The first-order valence-corrected chi connectivity index (χ1v) is 4.72. The summed E-state index contributed by atoms with van der Waals surface area (Å²) in [5.41, 5.74) is 6.97. The average molecular weight is 192 g/mol. The van der Waals surface area contributed by atoms with Gasteiger partial charge >= 0.3 is 0 Å². The van der Waals surface area contributed by atoms with Gasteiger partial charge in [-0.15, -0.1) is 0 Å². The van der Waals surface area contributed by atoms with Crippen molar-refractivity contribution in [3.05, 3.63) is 36.2 Å². The molecule has 0 heterocycles. The Bertz CT molecular complexity index is 352. The van der Waals surface area contributed by atoms with Crippen molar-refractivity contribution in [3.63, 3.8) is 0 Å². The van der Waals surface area contributed by atoms with Crippen LogP contribution in [0.15, 0.2) is 30.4 Å². The Kier molecular flexibility index (Phi) is 2.39. The molecule has 74 valence electrons. The first-order valence-electron chi connectivity index (χ1n) is 4.72. The van der Waals surface area contributed by atoms with Gasteiger partial charge in [0.05, 0.1) is 11.4 Å². The van der Waals surface area contributed by atoms with Gasteiger partial charge in [-0.2, -0.15) is 0 Å². The lowest BCUT2D eigenvalue weighted by Gasteiger charge is -2.15. The first kappa shape index (κ1) is 9.06. The third-order valence-corrected chi connectivity index (χ3v) is 2.38. The van der Waals surface area contributed by atoms with Crippen molar-refractivity contribution < 1.29 is 4.39 Å². The highest BCUT2D eigenvalue weighted by atomic mass is 19.1. The minimum atomic E-state index is -0.294. The fourth-order valence-electron chi connectivity index (χ4n) is 1.62.